The molecule has 0 radical (unpaired) electrons. The van der Waals surface area contributed by atoms with Crippen molar-refractivity contribution in [2.45, 2.75) is 13.8 Å². The normalized spacial score (nSPS) is 9.87. The minimum Gasteiger partial charge on any atom is -0.491 e. The van der Waals surface area contributed by atoms with Crippen molar-refractivity contribution in [1.82, 2.24) is 0 Å². The number of ether oxygens (including phenoxy) is 1. The van der Waals surface area contributed by atoms with Crippen LogP contribution >= 0.6 is 27.5 Å². The van der Waals surface area contributed by atoms with Crippen LogP contribution in [0.5, 0.6) is 5.75 Å². The number of carbonyl (C=O) groups excluding carboxylic acids is 1. The predicted octanol–water partition coefficient (Wildman–Crippen LogP) is 3.46. The molecule has 0 aliphatic carbocycles. The zero-order valence-corrected chi connectivity index (χ0v) is 10.8. The number of anilines is 1. The molecule has 5 heteroatoms. The summed E-state index contributed by atoms with van der Waals surface area (Å²) in [4.78, 5) is 11.0. The van der Waals surface area contributed by atoms with E-state index in [4.69, 9.17) is 16.3 Å². The molecule has 0 fully saturated rings. The number of halogens is 2. The fourth-order valence-electron chi connectivity index (χ4n) is 1.13. The zero-order chi connectivity index (χ0) is 11.4. The molecule has 1 rings (SSSR count). The minimum absolute atomic E-state index is 0.162. The first-order valence-electron chi connectivity index (χ1n) is 4.44. The molecule has 15 heavy (non-hydrogen) atoms. The quantitative estimate of drug-likeness (QED) is 0.926. The molecule has 3 nitrogen and oxygen atoms in total. The lowest BCUT2D eigenvalue weighted by molar-refractivity contribution is -0.114. The Morgan fingerprint density at radius 3 is 2.80 bits per heavy atom. The standard InChI is InChI=1S/C10H11BrClNO2/c1-3-15-10-8(11)4-7(12)5-9(10)13-6(2)14/h4-5H,3H2,1-2H3,(H,13,14). The van der Waals surface area contributed by atoms with Crippen LogP contribution in [-0.4, -0.2) is 12.5 Å². The van der Waals surface area contributed by atoms with Gasteiger partial charge in [0.15, 0.2) is 5.75 Å². The summed E-state index contributed by atoms with van der Waals surface area (Å²) in [6.07, 6.45) is 0. The highest BCUT2D eigenvalue weighted by Crippen LogP contribution is 2.36. The molecule has 0 aliphatic heterocycles. The van der Waals surface area contributed by atoms with Crippen molar-refractivity contribution in [2.24, 2.45) is 0 Å². The van der Waals surface area contributed by atoms with Gasteiger partial charge < -0.3 is 10.1 Å². The number of rotatable bonds is 3. The lowest BCUT2D eigenvalue weighted by Gasteiger charge is -2.12. The maximum atomic E-state index is 11.0. The molecule has 1 aromatic rings. The summed E-state index contributed by atoms with van der Waals surface area (Å²) >= 11 is 9.20. The Hall–Kier alpha value is -0.740. The van der Waals surface area contributed by atoms with Gasteiger partial charge in [0.1, 0.15) is 0 Å². The minimum atomic E-state index is -0.162. The van der Waals surface area contributed by atoms with Crippen molar-refractivity contribution < 1.29 is 9.53 Å². The average molecular weight is 293 g/mol. The molecule has 0 heterocycles. The molecule has 0 aliphatic rings. The van der Waals surface area contributed by atoms with Gasteiger partial charge in [-0.05, 0) is 35.0 Å². The molecule has 1 aromatic carbocycles. The van der Waals surface area contributed by atoms with E-state index >= 15 is 0 Å². The first-order valence-corrected chi connectivity index (χ1v) is 5.61. The van der Waals surface area contributed by atoms with E-state index in [-0.39, 0.29) is 5.91 Å². The second-order valence-electron chi connectivity index (χ2n) is 2.88. The Morgan fingerprint density at radius 1 is 1.60 bits per heavy atom. The average Bonchev–Trinajstić information content (AvgIpc) is 2.10. The maximum absolute atomic E-state index is 11.0. The monoisotopic (exact) mass is 291 g/mol. The highest BCUT2D eigenvalue weighted by Gasteiger charge is 2.10. The molecular formula is C10H11BrClNO2. The second-order valence-corrected chi connectivity index (χ2v) is 4.17. The van der Waals surface area contributed by atoms with Crippen molar-refractivity contribution >= 4 is 39.1 Å². The van der Waals surface area contributed by atoms with Gasteiger partial charge in [-0.15, -0.1) is 0 Å². The summed E-state index contributed by atoms with van der Waals surface area (Å²) in [5.74, 6) is 0.433. The highest BCUT2D eigenvalue weighted by atomic mass is 79.9. The van der Waals surface area contributed by atoms with E-state index in [2.05, 4.69) is 21.2 Å². The smallest absolute Gasteiger partial charge is 0.221 e. The summed E-state index contributed by atoms with van der Waals surface area (Å²) in [5, 5.41) is 3.20. The third-order valence-corrected chi connectivity index (χ3v) is 2.42. The largest absolute Gasteiger partial charge is 0.491 e. The molecule has 0 saturated carbocycles. The van der Waals surface area contributed by atoms with Crippen LogP contribution in [0.1, 0.15) is 13.8 Å². The van der Waals surface area contributed by atoms with E-state index < -0.39 is 0 Å². The van der Waals surface area contributed by atoms with Gasteiger partial charge in [0.05, 0.1) is 16.8 Å². The zero-order valence-electron chi connectivity index (χ0n) is 8.43. The molecule has 0 unspecified atom stereocenters. The number of carbonyl (C=O) groups is 1. The molecule has 0 atom stereocenters. The van der Waals surface area contributed by atoms with Gasteiger partial charge in [0.2, 0.25) is 5.91 Å². The van der Waals surface area contributed by atoms with Gasteiger partial charge in [-0.1, -0.05) is 11.6 Å². The van der Waals surface area contributed by atoms with Crippen LogP contribution in [0, 0.1) is 0 Å². The van der Waals surface area contributed by atoms with Crippen molar-refractivity contribution in [3.05, 3.63) is 21.6 Å². The van der Waals surface area contributed by atoms with E-state index in [0.717, 1.165) is 4.47 Å². The fraction of sp³-hybridized carbons (Fsp3) is 0.300. The number of nitrogens with one attached hydrogen (secondary N) is 1. The van der Waals surface area contributed by atoms with Gasteiger partial charge in [0, 0.05) is 11.9 Å². The molecule has 0 aromatic heterocycles. The van der Waals surface area contributed by atoms with Gasteiger partial charge in [-0.3, -0.25) is 4.79 Å². The Morgan fingerprint density at radius 2 is 2.27 bits per heavy atom. The van der Waals surface area contributed by atoms with Crippen LogP contribution < -0.4 is 10.1 Å². The summed E-state index contributed by atoms with van der Waals surface area (Å²) < 4.78 is 6.13. The van der Waals surface area contributed by atoms with E-state index in [1.54, 1.807) is 12.1 Å². The van der Waals surface area contributed by atoms with Gasteiger partial charge in [0.25, 0.3) is 0 Å². The van der Waals surface area contributed by atoms with E-state index in [1.807, 2.05) is 6.92 Å². The first-order chi connectivity index (χ1) is 7.04. The topological polar surface area (TPSA) is 38.3 Å². The van der Waals surface area contributed by atoms with Crippen molar-refractivity contribution in [3.8, 4) is 5.75 Å². The lowest BCUT2D eigenvalue weighted by atomic mass is 10.3. The van der Waals surface area contributed by atoms with Crippen LogP contribution in [0.25, 0.3) is 0 Å². The second kappa shape index (κ2) is 5.37. The Balaban J connectivity index is 3.13. The Bertz CT molecular complexity index is 382. The maximum Gasteiger partial charge on any atom is 0.221 e. The van der Waals surface area contributed by atoms with Crippen LogP contribution in [0.15, 0.2) is 16.6 Å². The van der Waals surface area contributed by atoms with Gasteiger partial charge in [-0.25, -0.2) is 0 Å². The Kier molecular flexibility index (Phi) is 4.42. The third-order valence-electron chi connectivity index (χ3n) is 1.61. The molecule has 1 N–H and O–H groups in total. The molecule has 1 amide bonds. The van der Waals surface area contributed by atoms with Gasteiger partial charge in [-0.2, -0.15) is 0 Å². The highest BCUT2D eigenvalue weighted by molar-refractivity contribution is 9.10. The summed E-state index contributed by atoms with van der Waals surface area (Å²) in [6, 6.07) is 3.37. The van der Waals surface area contributed by atoms with E-state index in [0.29, 0.717) is 23.1 Å². The predicted molar refractivity (Wildman–Crippen MR) is 64.6 cm³/mol. The van der Waals surface area contributed by atoms with Crippen LogP contribution in [0.4, 0.5) is 5.69 Å². The van der Waals surface area contributed by atoms with Crippen molar-refractivity contribution in [1.29, 1.82) is 0 Å². The number of hydrogen-bond acceptors (Lipinski definition) is 2. The lowest BCUT2D eigenvalue weighted by Crippen LogP contribution is -2.08. The summed E-state index contributed by atoms with van der Waals surface area (Å²) in [7, 11) is 0. The fourth-order valence-corrected chi connectivity index (χ4v) is 2.06. The number of amides is 1. The first kappa shape index (κ1) is 12.3. The van der Waals surface area contributed by atoms with E-state index in [1.165, 1.54) is 6.92 Å². The van der Waals surface area contributed by atoms with Gasteiger partial charge >= 0.3 is 0 Å². The van der Waals surface area contributed by atoms with E-state index in [9.17, 15) is 4.79 Å². The molecular weight excluding hydrogens is 281 g/mol. The summed E-state index contributed by atoms with van der Waals surface area (Å²) in [6.45, 7) is 3.83. The summed E-state index contributed by atoms with van der Waals surface area (Å²) in [5.41, 5.74) is 0.573. The number of benzene rings is 1. The SMILES string of the molecule is CCOc1c(Br)cc(Cl)cc1NC(C)=O. The van der Waals surface area contributed by atoms with Crippen LogP contribution in [0.2, 0.25) is 5.02 Å². The van der Waals surface area contributed by atoms with Crippen LogP contribution in [0.3, 0.4) is 0 Å². The van der Waals surface area contributed by atoms with Crippen molar-refractivity contribution in [2.75, 3.05) is 11.9 Å². The third kappa shape index (κ3) is 3.39. The Labute approximate surface area is 102 Å². The molecule has 0 bridgehead atoms. The molecule has 0 spiro atoms. The van der Waals surface area contributed by atoms with Crippen molar-refractivity contribution in [3.63, 3.8) is 0 Å². The number of hydrogen-bond donors (Lipinski definition) is 1. The molecule has 82 valence electrons. The van der Waals surface area contributed by atoms with Crippen LogP contribution in [-0.2, 0) is 4.79 Å². The molecule has 0 saturated heterocycles.